The van der Waals surface area contributed by atoms with E-state index in [0.29, 0.717) is 35.7 Å². The van der Waals surface area contributed by atoms with Gasteiger partial charge >= 0.3 is 0 Å². The SMILES string of the molecule is CCCOc1cccc(C(=O)Nc2ccccc2C(=O)NC[C@@H]2CCCO2)c1. The van der Waals surface area contributed by atoms with Crippen molar-refractivity contribution in [3.8, 4) is 5.75 Å². The highest BCUT2D eigenvalue weighted by atomic mass is 16.5. The minimum absolute atomic E-state index is 0.0663. The van der Waals surface area contributed by atoms with Crippen LogP contribution in [0.4, 0.5) is 5.69 Å². The van der Waals surface area contributed by atoms with Gasteiger partial charge in [0.1, 0.15) is 5.75 Å². The van der Waals surface area contributed by atoms with Gasteiger partial charge in [-0.3, -0.25) is 9.59 Å². The Balaban J connectivity index is 1.66. The largest absolute Gasteiger partial charge is 0.494 e. The summed E-state index contributed by atoms with van der Waals surface area (Å²) in [6, 6.07) is 14.0. The topological polar surface area (TPSA) is 76.7 Å². The number of rotatable bonds is 8. The zero-order valence-corrected chi connectivity index (χ0v) is 16.1. The van der Waals surface area contributed by atoms with Crippen molar-refractivity contribution >= 4 is 17.5 Å². The molecule has 2 aromatic carbocycles. The summed E-state index contributed by atoms with van der Waals surface area (Å²) < 4.78 is 11.1. The summed E-state index contributed by atoms with van der Waals surface area (Å²) in [6.07, 6.45) is 2.94. The van der Waals surface area contributed by atoms with Gasteiger partial charge in [0.05, 0.1) is 24.0 Å². The Morgan fingerprint density at radius 1 is 1.14 bits per heavy atom. The second-order valence-electron chi connectivity index (χ2n) is 6.72. The number of hydrogen-bond acceptors (Lipinski definition) is 4. The highest BCUT2D eigenvalue weighted by Gasteiger charge is 2.18. The minimum Gasteiger partial charge on any atom is -0.494 e. The lowest BCUT2D eigenvalue weighted by Crippen LogP contribution is -2.32. The lowest BCUT2D eigenvalue weighted by atomic mass is 10.1. The van der Waals surface area contributed by atoms with Crippen LogP contribution in [0.1, 0.15) is 46.9 Å². The van der Waals surface area contributed by atoms with Crippen LogP contribution in [0.5, 0.6) is 5.75 Å². The Kier molecular flexibility index (Phi) is 7.03. The summed E-state index contributed by atoms with van der Waals surface area (Å²) in [6.45, 7) is 3.84. The molecule has 1 aliphatic rings. The molecule has 0 radical (unpaired) electrons. The quantitative estimate of drug-likeness (QED) is 0.731. The maximum atomic E-state index is 12.7. The van der Waals surface area contributed by atoms with Gasteiger partial charge in [0.25, 0.3) is 11.8 Å². The van der Waals surface area contributed by atoms with Gasteiger partial charge < -0.3 is 20.1 Å². The molecule has 2 amide bonds. The third kappa shape index (κ3) is 5.33. The standard InChI is InChI=1S/C22H26N2O4/c1-2-12-27-17-8-5-7-16(14-17)21(25)24-20-11-4-3-10-19(20)22(26)23-15-18-9-6-13-28-18/h3-5,7-8,10-11,14,18H,2,6,9,12-13,15H2,1H3,(H,23,26)(H,24,25)/t18-/m0/s1. The Morgan fingerprint density at radius 3 is 2.79 bits per heavy atom. The summed E-state index contributed by atoms with van der Waals surface area (Å²) in [4.78, 5) is 25.2. The molecule has 0 spiro atoms. The molecular formula is C22H26N2O4. The van der Waals surface area contributed by atoms with Crippen LogP contribution in [-0.4, -0.2) is 37.7 Å². The number of ether oxygens (including phenoxy) is 2. The molecule has 0 bridgehead atoms. The molecule has 6 heteroatoms. The number of para-hydroxylation sites is 1. The van der Waals surface area contributed by atoms with Crippen molar-refractivity contribution < 1.29 is 19.1 Å². The molecule has 1 aliphatic heterocycles. The van der Waals surface area contributed by atoms with E-state index < -0.39 is 0 Å². The van der Waals surface area contributed by atoms with Crippen molar-refractivity contribution in [2.75, 3.05) is 25.1 Å². The lowest BCUT2D eigenvalue weighted by molar-refractivity contribution is 0.0858. The van der Waals surface area contributed by atoms with Gasteiger partial charge in [0.2, 0.25) is 0 Å². The summed E-state index contributed by atoms with van der Waals surface area (Å²) in [5.74, 6) is 0.129. The normalized spacial score (nSPS) is 15.8. The Labute approximate surface area is 165 Å². The van der Waals surface area contributed by atoms with Crippen molar-refractivity contribution in [1.82, 2.24) is 5.32 Å². The van der Waals surface area contributed by atoms with Gasteiger partial charge in [-0.15, -0.1) is 0 Å². The fourth-order valence-corrected chi connectivity index (χ4v) is 3.04. The van der Waals surface area contributed by atoms with Crippen molar-refractivity contribution in [1.29, 1.82) is 0 Å². The number of benzene rings is 2. The first-order valence-corrected chi connectivity index (χ1v) is 9.70. The van der Waals surface area contributed by atoms with Crippen LogP contribution in [-0.2, 0) is 4.74 Å². The van der Waals surface area contributed by atoms with Crippen LogP contribution in [0.25, 0.3) is 0 Å². The molecule has 28 heavy (non-hydrogen) atoms. The molecule has 1 atom stereocenters. The molecular weight excluding hydrogens is 356 g/mol. The second-order valence-corrected chi connectivity index (χ2v) is 6.72. The third-order valence-corrected chi connectivity index (χ3v) is 4.50. The van der Waals surface area contributed by atoms with Crippen LogP contribution in [0.3, 0.4) is 0 Å². The molecule has 2 N–H and O–H groups in total. The van der Waals surface area contributed by atoms with Gasteiger partial charge in [-0.1, -0.05) is 25.1 Å². The van der Waals surface area contributed by atoms with E-state index >= 15 is 0 Å². The molecule has 6 nitrogen and oxygen atoms in total. The summed E-state index contributed by atoms with van der Waals surface area (Å²) in [5, 5.41) is 5.72. The first kappa shape index (κ1) is 19.9. The van der Waals surface area contributed by atoms with Crippen molar-refractivity contribution in [3.05, 3.63) is 59.7 Å². The van der Waals surface area contributed by atoms with Crippen LogP contribution < -0.4 is 15.4 Å². The molecule has 3 rings (SSSR count). The van der Waals surface area contributed by atoms with Crippen LogP contribution in [0, 0.1) is 0 Å². The van der Waals surface area contributed by atoms with Crippen molar-refractivity contribution in [2.24, 2.45) is 0 Å². The number of amides is 2. The Bertz CT molecular complexity index is 816. The van der Waals surface area contributed by atoms with Gasteiger partial charge in [-0.05, 0) is 49.6 Å². The number of carbonyl (C=O) groups excluding carboxylic acids is 2. The maximum Gasteiger partial charge on any atom is 0.255 e. The zero-order valence-electron chi connectivity index (χ0n) is 16.1. The van der Waals surface area contributed by atoms with E-state index in [2.05, 4.69) is 10.6 Å². The average molecular weight is 382 g/mol. The van der Waals surface area contributed by atoms with Gasteiger partial charge in [0.15, 0.2) is 0 Å². The Hall–Kier alpha value is -2.86. The summed E-state index contributed by atoms with van der Waals surface area (Å²) in [5.41, 5.74) is 1.37. The molecule has 148 valence electrons. The highest BCUT2D eigenvalue weighted by Crippen LogP contribution is 2.19. The first-order valence-electron chi connectivity index (χ1n) is 9.70. The lowest BCUT2D eigenvalue weighted by Gasteiger charge is -2.14. The van der Waals surface area contributed by atoms with E-state index in [-0.39, 0.29) is 17.9 Å². The molecule has 0 saturated carbocycles. The monoisotopic (exact) mass is 382 g/mol. The van der Waals surface area contributed by atoms with E-state index in [1.54, 1.807) is 42.5 Å². The van der Waals surface area contributed by atoms with Gasteiger partial charge in [0, 0.05) is 18.7 Å². The second kappa shape index (κ2) is 9.90. The fourth-order valence-electron chi connectivity index (χ4n) is 3.04. The number of carbonyl (C=O) groups is 2. The zero-order chi connectivity index (χ0) is 19.8. The predicted octanol–water partition coefficient (Wildman–Crippen LogP) is 3.64. The fraction of sp³-hybridized carbons (Fsp3) is 0.364. The minimum atomic E-state index is -0.290. The first-order chi connectivity index (χ1) is 13.7. The van der Waals surface area contributed by atoms with Gasteiger partial charge in [-0.2, -0.15) is 0 Å². The number of anilines is 1. The molecule has 1 heterocycles. The van der Waals surface area contributed by atoms with E-state index in [4.69, 9.17) is 9.47 Å². The van der Waals surface area contributed by atoms with E-state index in [9.17, 15) is 9.59 Å². The molecule has 0 aromatic heterocycles. The van der Waals surface area contributed by atoms with E-state index in [1.807, 2.05) is 13.0 Å². The van der Waals surface area contributed by atoms with E-state index in [0.717, 1.165) is 25.9 Å². The van der Waals surface area contributed by atoms with E-state index in [1.165, 1.54) is 0 Å². The van der Waals surface area contributed by atoms with Crippen LogP contribution in [0.2, 0.25) is 0 Å². The molecule has 0 aliphatic carbocycles. The summed E-state index contributed by atoms with van der Waals surface area (Å²) in [7, 11) is 0. The van der Waals surface area contributed by atoms with Crippen LogP contribution >= 0.6 is 0 Å². The molecule has 2 aromatic rings. The van der Waals surface area contributed by atoms with Crippen molar-refractivity contribution in [3.63, 3.8) is 0 Å². The third-order valence-electron chi connectivity index (χ3n) is 4.50. The summed E-state index contributed by atoms with van der Waals surface area (Å²) >= 11 is 0. The maximum absolute atomic E-state index is 12.7. The van der Waals surface area contributed by atoms with Gasteiger partial charge in [-0.25, -0.2) is 0 Å². The molecule has 1 saturated heterocycles. The predicted molar refractivity (Wildman–Crippen MR) is 108 cm³/mol. The molecule has 1 fully saturated rings. The van der Waals surface area contributed by atoms with Crippen molar-refractivity contribution in [2.45, 2.75) is 32.3 Å². The highest BCUT2D eigenvalue weighted by molar-refractivity contribution is 6.09. The molecule has 0 unspecified atom stereocenters. The van der Waals surface area contributed by atoms with Crippen LogP contribution in [0.15, 0.2) is 48.5 Å². The average Bonchev–Trinajstić information content (AvgIpc) is 3.25. The number of hydrogen-bond donors (Lipinski definition) is 2. The Morgan fingerprint density at radius 2 is 2.00 bits per heavy atom. The number of nitrogens with one attached hydrogen (secondary N) is 2. The smallest absolute Gasteiger partial charge is 0.255 e.